The van der Waals surface area contributed by atoms with Gasteiger partial charge in [0.25, 0.3) is 5.91 Å². The number of piperidine rings is 1. The number of fused-ring (bicyclic) bond motifs is 4. The van der Waals surface area contributed by atoms with Gasteiger partial charge in [-0.25, -0.2) is 0 Å². The molecule has 0 spiro atoms. The van der Waals surface area contributed by atoms with Crippen LogP contribution in [0.1, 0.15) is 126 Å². The number of thiophene rings is 1. The second-order valence-electron chi connectivity index (χ2n) is 15.2. The molecule has 2 atom stereocenters. The van der Waals surface area contributed by atoms with Crippen molar-refractivity contribution < 1.29 is 28.7 Å². The van der Waals surface area contributed by atoms with Crippen LogP contribution >= 0.6 is 22.9 Å². The summed E-state index contributed by atoms with van der Waals surface area (Å²) in [5.74, 6) is 0.714. The van der Waals surface area contributed by atoms with E-state index in [2.05, 4.69) is 39.2 Å². The largest absolute Gasteiger partial charge is 0.485 e. The first-order valence-corrected chi connectivity index (χ1v) is 21.2. The molecule has 2 aromatic heterocycles. The van der Waals surface area contributed by atoms with Gasteiger partial charge < -0.3 is 15.0 Å². The molecule has 4 amide bonds. The van der Waals surface area contributed by atoms with E-state index in [0.29, 0.717) is 40.7 Å². The van der Waals surface area contributed by atoms with Crippen LogP contribution in [0.15, 0.2) is 47.5 Å². The Morgan fingerprint density at radius 1 is 0.966 bits per heavy atom. The summed E-state index contributed by atoms with van der Waals surface area (Å²) in [4.78, 5) is 70.8. The number of amides is 4. The summed E-state index contributed by atoms with van der Waals surface area (Å²) in [7, 11) is 0. The number of aromatic nitrogens is 3. The molecule has 2 aromatic carbocycles. The van der Waals surface area contributed by atoms with Gasteiger partial charge >= 0.3 is 0 Å². The minimum absolute atomic E-state index is 0.00730. The summed E-state index contributed by atoms with van der Waals surface area (Å²) in [6.07, 6.45) is 7.73. The number of imide groups is 1. The Kier molecular flexibility index (Phi) is 12.8. The Labute approximate surface area is 346 Å². The summed E-state index contributed by atoms with van der Waals surface area (Å²) in [5, 5.41) is 15.9. The number of hydrogen-bond acceptors (Lipinski definition) is 10. The number of unbranched alkanes of at least 4 members (excludes halogenated alkanes) is 6. The minimum atomic E-state index is -0.707. The number of nitrogens with zero attached hydrogens (tertiary/aromatic N) is 5. The third-order valence-electron chi connectivity index (χ3n) is 11.1. The van der Waals surface area contributed by atoms with Crippen LogP contribution in [-0.2, 0) is 25.7 Å². The third-order valence-corrected chi connectivity index (χ3v) is 12.6. The van der Waals surface area contributed by atoms with E-state index in [0.717, 1.165) is 78.2 Å². The SMILES string of the molecule is Cc1sc2c(c1C)C(c1ccc(Cl)cc1)=N[C@@H](CC(=O)NCCCCCCCCCC(=O)COc1cccc3c1CN(C1CCC(=O)NC1=O)C3=O)c1nnc(C)n1-2. The molecule has 1 saturated heterocycles. The zero-order valence-electron chi connectivity index (χ0n) is 33.1. The fourth-order valence-corrected chi connectivity index (χ4v) is 9.20. The van der Waals surface area contributed by atoms with Crippen LogP contribution in [0.2, 0.25) is 5.02 Å². The van der Waals surface area contributed by atoms with Crippen LogP contribution in [0, 0.1) is 20.8 Å². The third kappa shape index (κ3) is 8.92. The molecule has 4 aromatic rings. The molecule has 0 radical (unpaired) electrons. The number of aliphatic imine (C=N–C) groups is 1. The zero-order chi connectivity index (χ0) is 40.9. The highest BCUT2D eigenvalue weighted by atomic mass is 35.5. The standard InChI is InChI=1S/C43H48ClN7O6S/c1-25-26(2)58-43-38(25)39(28-15-17-29(44)18-16-28)46-33(40-49-48-27(3)51(40)43)22-37(54)45-21-10-8-6-4-5-7-9-12-30(52)24-57-35-14-11-13-31-32(35)23-50(42(31)56)34-19-20-36(53)47-41(34)55/h11,13-18,33-34H,4-10,12,19-24H2,1-3H3,(H,45,54)(H,47,53,55)/t33-,34?/m0/s1. The molecule has 304 valence electrons. The van der Waals surface area contributed by atoms with Crippen molar-refractivity contribution in [1.29, 1.82) is 0 Å². The number of ether oxygens (including phenoxy) is 1. The highest BCUT2D eigenvalue weighted by Crippen LogP contribution is 2.40. The average Bonchev–Trinajstić information content (AvgIpc) is 3.82. The van der Waals surface area contributed by atoms with Crippen molar-refractivity contribution in [3.63, 3.8) is 0 Å². The lowest BCUT2D eigenvalue weighted by atomic mass is 9.99. The first-order chi connectivity index (χ1) is 28.0. The second kappa shape index (κ2) is 18.2. The Morgan fingerprint density at radius 2 is 1.71 bits per heavy atom. The molecule has 0 saturated carbocycles. The lowest BCUT2D eigenvalue weighted by molar-refractivity contribution is -0.137. The van der Waals surface area contributed by atoms with Gasteiger partial charge in [0.1, 0.15) is 35.3 Å². The fourth-order valence-electron chi connectivity index (χ4n) is 7.86. The lowest BCUT2D eigenvalue weighted by Crippen LogP contribution is -2.52. The summed E-state index contributed by atoms with van der Waals surface area (Å²) < 4.78 is 7.92. The van der Waals surface area contributed by atoms with E-state index in [9.17, 15) is 24.0 Å². The number of carbonyl (C=O) groups excluding carboxylic acids is 5. The van der Waals surface area contributed by atoms with Crippen molar-refractivity contribution in [2.75, 3.05) is 13.2 Å². The van der Waals surface area contributed by atoms with Gasteiger partial charge in [0.05, 0.1) is 18.7 Å². The van der Waals surface area contributed by atoms with E-state index in [1.807, 2.05) is 31.2 Å². The van der Waals surface area contributed by atoms with E-state index < -0.39 is 18.0 Å². The number of Topliss-reactive ketones (excluding diaryl/α,β-unsaturated/α-hetero) is 1. The molecule has 15 heteroatoms. The van der Waals surface area contributed by atoms with Crippen molar-refractivity contribution in [2.24, 2.45) is 4.99 Å². The normalized spacial score (nSPS) is 17.3. The summed E-state index contributed by atoms with van der Waals surface area (Å²) >= 11 is 7.91. The Hall–Kier alpha value is -5.21. The number of halogens is 1. The van der Waals surface area contributed by atoms with Crippen molar-refractivity contribution in [3.8, 4) is 10.8 Å². The quantitative estimate of drug-likeness (QED) is 0.0864. The molecule has 2 N–H and O–H groups in total. The molecule has 0 bridgehead atoms. The highest BCUT2D eigenvalue weighted by molar-refractivity contribution is 7.15. The van der Waals surface area contributed by atoms with Gasteiger partial charge in [-0.2, -0.15) is 0 Å². The van der Waals surface area contributed by atoms with Gasteiger partial charge in [-0.05, 0) is 69.9 Å². The first kappa shape index (κ1) is 41.0. The minimum Gasteiger partial charge on any atom is -0.485 e. The fraction of sp³-hybridized carbons (Fsp3) is 0.442. The Balaban J connectivity index is 0.804. The highest BCUT2D eigenvalue weighted by Gasteiger charge is 2.40. The molecule has 3 aliphatic heterocycles. The Bertz CT molecular complexity index is 2260. The van der Waals surface area contributed by atoms with Crippen LogP contribution in [0.25, 0.3) is 5.00 Å². The van der Waals surface area contributed by atoms with Gasteiger partial charge in [-0.15, -0.1) is 21.5 Å². The molecular weight excluding hydrogens is 778 g/mol. The van der Waals surface area contributed by atoms with Crippen LogP contribution < -0.4 is 15.4 Å². The number of rotatable bonds is 17. The molecule has 3 aliphatic rings. The summed E-state index contributed by atoms with van der Waals surface area (Å²) in [6, 6.07) is 11.6. The van der Waals surface area contributed by atoms with Gasteiger partial charge in [-0.1, -0.05) is 61.9 Å². The second-order valence-corrected chi connectivity index (χ2v) is 16.8. The maximum absolute atomic E-state index is 13.3. The summed E-state index contributed by atoms with van der Waals surface area (Å²) in [6.45, 7) is 6.83. The predicted molar refractivity (Wildman–Crippen MR) is 221 cm³/mol. The number of ketones is 1. The van der Waals surface area contributed by atoms with Crippen LogP contribution in [-0.4, -0.2) is 74.0 Å². The monoisotopic (exact) mass is 825 g/mol. The summed E-state index contributed by atoms with van der Waals surface area (Å²) in [5.41, 5.74) is 5.05. The van der Waals surface area contributed by atoms with E-state index in [1.54, 1.807) is 29.5 Å². The van der Waals surface area contributed by atoms with Crippen molar-refractivity contribution >= 4 is 58.1 Å². The number of carbonyl (C=O) groups is 5. The van der Waals surface area contributed by atoms with Gasteiger partial charge in [0.15, 0.2) is 11.6 Å². The number of hydrogen-bond donors (Lipinski definition) is 2. The molecule has 1 fully saturated rings. The maximum atomic E-state index is 13.3. The molecule has 5 heterocycles. The number of nitrogens with one attached hydrogen (secondary N) is 2. The van der Waals surface area contributed by atoms with Gasteiger partial charge in [-0.3, -0.25) is 38.8 Å². The van der Waals surface area contributed by atoms with E-state index >= 15 is 0 Å². The van der Waals surface area contributed by atoms with Crippen LogP contribution in [0.4, 0.5) is 0 Å². The van der Waals surface area contributed by atoms with Gasteiger partial charge in [0.2, 0.25) is 17.7 Å². The maximum Gasteiger partial charge on any atom is 0.255 e. The zero-order valence-corrected chi connectivity index (χ0v) is 34.6. The van der Waals surface area contributed by atoms with Crippen molar-refractivity contribution in [2.45, 2.75) is 110 Å². The topological polar surface area (TPSA) is 165 Å². The van der Waals surface area contributed by atoms with E-state index in [4.69, 9.17) is 21.3 Å². The predicted octanol–water partition coefficient (Wildman–Crippen LogP) is 6.84. The lowest BCUT2D eigenvalue weighted by Gasteiger charge is -2.29. The number of benzene rings is 2. The molecule has 58 heavy (non-hydrogen) atoms. The number of aryl methyl sites for hydroxylation is 2. The van der Waals surface area contributed by atoms with Crippen molar-refractivity contribution in [3.05, 3.63) is 91.8 Å². The molecule has 13 nitrogen and oxygen atoms in total. The smallest absolute Gasteiger partial charge is 0.255 e. The molecular formula is C43H48ClN7O6S. The molecule has 7 rings (SSSR count). The van der Waals surface area contributed by atoms with Crippen molar-refractivity contribution in [1.82, 2.24) is 30.3 Å². The van der Waals surface area contributed by atoms with E-state index in [-0.39, 0.29) is 55.9 Å². The van der Waals surface area contributed by atoms with E-state index in [1.165, 1.54) is 9.78 Å². The average molecular weight is 826 g/mol. The van der Waals surface area contributed by atoms with Crippen LogP contribution in [0.5, 0.6) is 5.75 Å². The Morgan fingerprint density at radius 3 is 2.47 bits per heavy atom. The molecule has 1 unspecified atom stereocenters. The molecule has 0 aliphatic carbocycles. The first-order valence-electron chi connectivity index (χ1n) is 20.0. The van der Waals surface area contributed by atoms with Gasteiger partial charge in [0, 0.05) is 51.5 Å². The van der Waals surface area contributed by atoms with Crippen LogP contribution in [0.3, 0.4) is 0 Å².